The molecule has 1 aromatic rings. The van der Waals surface area contributed by atoms with Crippen molar-refractivity contribution in [2.75, 3.05) is 0 Å². The summed E-state index contributed by atoms with van der Waals surface area (Å²) >= 11 is 0. The zero-order valence-corrected chi connectivity index (χ0v) is 13.0. The first-order valence-electron chi connectivity index (χ1n) is 7.82. The minimum atomic E-state index is -0.643. The highest BCUT2D eigenvalue weighted by Crippen LogP contribution is 2.30. The first-order valence-corrected chi connectivity index (χ1v) is 7.82. The van der Waals surface area contributed by atoms with E-state index in [1.165, 1.54) is 0 Å². The van der Waals surface area contributed by atoms with Crippen molar-refractivity contribution in [2.24, 2.45) is 17.6 Å². The van der Waals surface area contributed by atoms with Crippen molar-refractivity contribution in [1.29, 1.82) is 0 Å². The fourth-order valence-corrected chi connectivity index (χ4v) is 2.93. The standard InChI is InChI=1S/C17H24N2O3/c1-12-7-9-14(10-8-12)15(16(18)20)19-17(21)22-11-13-5-3-2-4-6-13/h2-6,12,14-15H,7-11H2,1H3,(H2,18,20)(H,19,21)/t12?,14?,15-/m0/s1. The normalized spacial score (nSPS) is 22.6. The molecule has 1 atom stereocenters. The second kappa shape index (κ2) is 7.82. The molecule has 120 valence electrons. The summed E-state index contributed by atoms with van der Waals surface area (Å²) in [5, 5.41) is 2.64. The zero-order valence-electron chi connectivity index (χ0n) is 13.0. The highest BCUT2D eigenvalue weighted by Gasteiger charge is 2.31. The summed E-state index contributed by atoms with van der Waals surface area (Å²) in [5.74, 6) is 0.295. The number of hydrogen-bond donors (Lipinski definition) is 2. The van der Waals surface area contributed by atoms with Crippen molar-refractivity contribution in [1.82, 2.24) is 5.32 Å². The lowest BCUT2D eigenvalue weighted by molar-refractivity contribution is -0.121. The number of nitrogens with two attached hydrogens (primary N) is 1. The van der Waals surface area contributed by atoms with Crippen molar-refractivity contribution in [3.8, 4) is 0 Å². The highest BCUT2D eigenvalue weighted by molar-refractivity contribution is 5.84. The molecule has 5 heteroatoms. The van der Waals surface area contributed by atoms with Gasteiger partial charge < -0.3 is 15.8 Å². The molecule has 0 heterocycles. The van der Waals surface area contributed by atoms with E-state index in [1.807, 2.05) is 30.3 Å². The summed E-state index contributed by atoms with van der Waals surface area (Å²) < 4.78 is 5.16. The van der Waals surface area contributed by atoms with Crippen LogP contribution in [0.15, 0.2) is 30.3 Å². The molecule has 1 aromatic carbocycles. The number of alkyl carbamates (subject to hydrolysis) is 1. The maximum absolute atomic E-state index is 11.9. The minimum Gasteiger partial charge on any atom is -0.445 e. The summed E-state index contributed by atoms with van der Waals surface area (Å²) in [5.41, 5.74) is 6.35. The van der Waals surface area contributed by atoms with E-state index in [0.717, 1.165) is 31.2 Å². The Balaban J connectivity index is 1.85. The van der Waals surface area contributed by atoms with Crippen LogP contribution < -0.4 is 11.1 Å². The molecule has 1 aliphatic carbocycles. The molecule has 22 heavy (non-hydrogen) atoms. The van der Waals surface area contributed by atoms with E-state index in [-0.39, 0.29) is 12.5 Å². The number of benzene rings is 1. The Morgan fingerprint density at radius 2 is 1.86 bits per heavy atom. The van der Waals surface area contributed by atoms with Crippen LogP contribution in [-0.4, -0.2) is 18.0 Å². The van der Waals surface area contributed by atoms with Crippen molar-refractivity contribution in [3.63, 3.8) is 0 Å². The zero-order chi connectivity index (χ0) is 15.9. The Morgan fingerprint density at radius 3 is 2.45 bits per heavy atom. The largest absolute Gasteiger partial charge is 0.445 e. The van der Waals surface area contributed by atoms with Crippen molar-refractivity contribution in [3.05, 3.63) is 35.9 Å². The van der Waals surface area contributed by atoms with Crippen LogP contribution in [0.1, 0.15) is 38.2 Å². The molecule has 2 amide bonds. The number of ether oxygens (including phenoxy) is 1. The van der Waals surface area contributed by atoms with E-state index >= 15 is 0 Å². The van der Waals surface area contributed by atoms with Gasteiger partial charge in [-0.15, -0.1) is 0 Å². The summed E-state index contributed by atoms with van der Waals surface area (Å²) in [6.07, 6.45) is 3.36. The summed E-state index contributed by atoms with van der Waals surface area (Å²) in [4.78, 5) is 23.5. The third-order valence-electron chi connectivity index (χ3n) is 4.32. The Hall–Kier alpha value is -2.04. The lowest BCUT2D eigenvalue weighted by atomic mass is 9.79. The number of nitrogens with one attached hydrogen (secondary N) is 1. The maximum Gasteiger partial charge on any atom is 0.408 e. The molecule has 2 rings (SSSR count). The van der Waals surface area contributed by atoms with Gasteiger partial charge in [-0.25, -0.2) is 4.79 Å². The minimum absolute atomic E-state index is 0.109. The van der Waals surface area contributed by atoms with Gasteiger partial charge in [-0.3, -0.25) is 4.79 Å². The molecule has 5 nitrogen and oxygen atoms in total. The molecule has 0 spiro atoms. The first-order chi connectivity index (χ1) is 10.6. The van der Waals surface area contributed by atoms with Gasteiger partial charge in [0.2, 0.25) is 5.91 Å². The van der Waals surface area contributed by atoms with Crippen LogP contribution >= 0.6 is 0 Å². The van der Waals surface area contributed by atoms with Gasteiger partial charge in [0.15, 0.2) is 0 Å². The number of primary amides is 1. The van der Waals surface area contributed by atoms with Gasteiger partial charge in [0.05, 0.1) is 0 Å². The van der Waals surface area contributed by atoms with Crippen LogP contribution in [0.5, 0.6) is 0 Å². The molecule has 0 unspecified atom stereocenters. The Morgan fingerprint density at radius 1 is 1.23 bits per heavy atom. The maximum atomic E-state index is 11.9. The molecule has 3 N–H and O–H groups in total. The van der Waals surface area contributed by atoms with Crippen LogP contribution in [0.3, 0.4) is 0 Å². The van der Waals surface area contributed by atoms with Crippen LogP contribution in [0, 0.1) is 11.8 Å². The fraction of sp³-hybridized carbons (Fsp3) is 0.529. The average molecular weight is 304 g/mol. The Bertz CT molecular complexity index is 496. The number of hydrogen-bond acceptors (Lipinski definition) is 3. The third-order valence-corrected chi connectivity index (χ3v) is 4.32. The molecule has 1 aliphatic rings. The molecule has 0 bridgehead atoms. The predicted molar refractivity (Wildman–Crippen MR) is 83.9 cm³/mol. The molecule has 1 fully saturated rings. The van der Waals surface area contributed by atoms with Gasteiger partial charge >= 0.3 is 6.09 Å². The highest BCUT2D eigenvalue weighted by atomic mass is 16.5. The van der Waals surface area contributed by atoms with Crippen molar-refractivity contribution < 1.29 is 14.3 Å². The van der Waals surface area contributed by atoms with Crippen LogP contribution in [0.2, 0.25) is 0 Å². The first kappa shape index (κ1) is 16.3. The molecule has 1 saturated carbocycles. The SMILES string of the molecule is CC1CCC([C@H](NC(=O)OCc2ccccc2)C(N)=O)CC1. The molecular weight excluding hydrogens is 280 g/mol. The van der Waals surface area contributed by atoms with Gasteiger partial charge in [-0.05, 0) is 30.2 Å². The fourth-order valence-electron chi connectivity index (χ4n) is 2.93. The van der Waals surface area contributed by atoms with Gasteiger partial charge in [-0.2, -0.15) is 0 Å². The summed E-state index contributed by atoms with van der Waals surface area (Å²) in [6, 6.07) is 8.77. The van der Waals surface area contributed by atoms with E-state index < -0.39 is 18.0 Å². The van der Waals surface area contributed by atoms with Crippen molar-refractivity contribution in [2.45, 2.75) is 45.3 Å². The predicted octanol–water partition coefficient (Wildman–Crippen LogP) is 2.59. The number of amides is 2. The summed E-state index contributed by atoms with van der Waals surface area (Å²) in [6.45, 7) is 2.39. The van der Waals surface area contributed by atoms with Gasteiger partial charge in [0.1, 0.15) is 12.6 Å². The number of carbonyl (C=O) groups is 2. The van der Waals surface area contributed by atoms with Gasteiger partial charge in [0.25, 0.3) is 0 Å². The van der Waals surface area contributed by atoms with E-state index in [4.69, 9.17) is 10.5 Å². The van der Waals surface area contributed by atoms with Crippen LogP contribution in [-0.2, 0) is 16.1 Å². The molecule has 0 saturated heterocycles. The monoisotopic (exact) mass is 304 g/mol. The second-order valence-electron chi connectivity index (χ2n) is 6.11. The molecule has 0 aliphatic heterocycles. The lowest BCUT2D eigenvalue weighted by Gasteiger charge is -2.31. The Labute approximate surface area is 131 Å². The summed E-state index contributed by atoms with van der Waals surface area (Å²) in [7, 11) is 0. The van der Waals surface area contributed by atoms with E-state index in [0.29, 0.717) is 5.92 Å². The van der Waals surface area contributed by atoms with E-state index in [9.17, 15) is 9.59 Å². The average Bonchev–Trinajstić information content (AvgIpc) is 2.52. The lowest BCUT2D eigenvalue weighted by Crippen LogP contribution is -2.50. The van der Waals surface area contributed by atoms with E-state index in [1.54, 1.807) is 0 Å². The van der Waals surface area contributed by atoms with Crippen LogP contribution in [0.4, 0.5) is 4.79 Å². The van der Waals surface area contributed by atoms with Gasteiger partial charge in [0, 0.05) is 0 Å². The Kier molecular flexibility index (Phi) is 5.81. The number of carbonyl (C=O) groups excluding carboxylic acids is 2. The second-order valence-corrected chi connectivity index (χ2v) is 6.11. The van der Waals surface area contributed by atoms with Gasteiger partial charge in [-0.1, -0.05) is 50.1 Å². The number of rotatable bonds is 5. The molecule has 0 aromatic heterocycles. The van der Waals surface area contributed by atoms with E-state index in [2.05, 4.69) is 12.2 Å². The topological polar surface area (TPSA) is 81.4 Å². The quantitative estimate of drug-likeness (QED) is 0.877. The van der Waals surface area contributed by atoms with Crippen LogP contribution in [0.25, 0.3) is 0 Å². The smallest absolute Gasteiger partial charge is 0.408 e. The molecular formula is C17H24N2O3. The molecule has 0 radical (unpaired) electrons. The third kappa shape index (κ3) is 4.76. The van der Waals surface area contributed by atoms with Crippen molar-refractivity contribution >= 4 is 12.0 Å².